The predicted molar refractivity (Wildman–Crippen MR) is 236 cm³/mol. The summed E-state index contributed by atoms with van der Waals surface area (Å²) in [5.74, 6) is 6.40. The first-order chi connectivity index (χ1) is 27.2. The molecule has 2 rings (SSSR count). The Labute approximate surface area is 346 Å². The Morgan fingerprint density at radius 2 is 1.53 bits per heavy atom. The smallest absolute Gasteiger partial charge is 0.483 e. The molecule has 0 atom stereocenters. The summed E-state index contributed by atoms with van der Waals surface area (Å²) in [5.41, 5.74) is 3.30. The lowest BCUT2D eigenvalue weighted by Gasteiger charge is -2.27. The number of ether oxygens (including phenoxy) is 3. The average molecular weight is 787 g/mol. The van der Waals surface area contributed by atoms with Gasteiger partial charge in [-0.1, -0.05) is 106 Å². The molecule has 7 heteroatoms. The summed E-state index contributed by atoms with van der Waals surface area (Å²) in [6.45, 7) is 17.3. The van der Waals surface area contributed by atoms with Crippen molar-refractivity contribution < 1.29 is 33.7 Å². The lowest BCUT2D eigenvalue weighted by atomic mass is 9.91. The van der Waals surface area contributed by atoms with E-state index in [0.717, 1.165) is 35.5 Å². The van der Waals surface area contributed by atoms with Gasteiger partial charge in [-0.2, -0.15) is 0 Å². The maximum atomic E-state index is 12.9. The molecule has 57 heavy (non-hydrogen) atoms. The summed E-state index contributed by atoms with van der Waals surface area (Å²) >= 11 is 0. The van der Waals surface area contributed by atoms with Gasteiger partial charge in [0.15, 0.2) is 0 Å². The third kappa shape index (κ3) is 27.0. The van der Waals surface area contributed by atoms with Crippen LogP contribution in [0.1, 0.15) is 157 Å². The normalized spacial score (nSPS) is 13.5. The number of aryl methyl sites for hydroxylation is 1. The molecule has 7 nitrogen and oxygen atoms in total. The Kier molecular flexibility index (Phi) is 29.3. The van der Waals surface area contributed by atoms with Crippen LogP contribution in [0.3, 0.4) is 0 Å². The van der Waals surface area contributed by atoms with E-state index >= 15 is 0 Å². The fourth-order valence-electron chi connectivity index (χ4n) is 6.51. The molecule has 0 heterocycles. The van der Waals surface area contributed by atoms with Crippen LogP contribution in [0.2, 0.25) is 0 Å². The van der Waals surface area contributed by atoms with Crippen LogP contribution in [-0.2, 0) is 30.2 Å². The van der Waals surface area contributed by atoms with Gasteiger partial charge in [-0.15, -0.1) is 24.7 Å². The van der Waals surface area contributed by atoms with Crippen LogP contribution in [0, 0.1) is 30.6 Å². The zero-order valence-corrected chi connectivity index (χ0v) is 36.5. The van der Waals surface area contributed by atoms with Crippen molar-refractivity contribution in [3.8, 4) is 24.7 Å². The SMILES string of the molecule is C#CCCC(C)(C)OCC(=C/C)/C(COC(=O)OC(C)(C)CCC#C)=C(/CC(=O)CCC/C=C\C)C(=C)C.O=CO.c1ccc(CCCCCC2CCCC2)cc1. The minimum atomic E-state index is -0.797. The zero-order valence-electron chi connectivity index (χ0n) is 36.5. The van der Waals surface area contributed by atoms with Crippen LogP contribution in [0.15, 0.2) is 77.4 Å². The van der Waals surface area contributed by atoms with Gasteiger partial charge in [-0.05, 0) is 115 Å². The summed E-state index contributed by atoms with van der Waals surface area (Å²) in [7, 11) is 0. The first-order valence-electron chi connectivity index (χ1n) is 20.8. The standard InChI is InChI=1S/C33H48O5.C16H24.CH2O2/c1-11-15-18-19-20-28(34)23-29(26(5)6)30(25-36-31(35)38-33(9,10)22-17-13-3)27(14-4)24-37-32(7,8)21-16-12-2;1-3-9-15(10-4-1)11-5-2-6-12-16-13-7-8-14-16;2-1-3/h2-3,11,14-15H,5,16-25H2,1,4,6-10H3;1,3-4,9-10,16H,2,5-8,11-14H2;1H,(H,2,3)/b15-11-,27-14-,30-29-;;. The van der Waals surface area contributed by atoms with Gasteiger partial charge >= 0.3 is 6.16 Å². The minimum absolute atomic E-state index is 0.0775. The highest BCUT2D eigenvalue weighted by Crippen LogP contribution is 2.30. The number of carbonyl (C=O) groups excluding carboxylic acids is 2. The third-order valence-electron chi connectivity index (χ3n) is 10.0. The molecule has 0 amide bonds. The molecule has 1 N–H and O–H groups in total. The Hall–Kier alpha value is -4.33. The maximum Gasteiger partial charge on any atom is 0.509 e. The zero-order chi connectivity index (χ0) is 43.0. The summed E-state index contributed by atoms with van der Waals surface area (Å²) < 4.78 is 17.3. The second-order valence-electron chi connectivity index (χ2n) is 15.9. The topological polar surface area (TPSA) is 99.1 Å². The monoisotopic (exact) mass is 787 g/mol. The van der Waals surface area contributed by atoms with Crippen LogP contribution in [0.25, 0.3) is 0 Å². The van der Waals surface area contributed by atoms with Crippen LogP contribution in [-0.4, -0.2) is 47.9 Å². The first kappa shape index (κ1) is 52.7. The van der Waals surface area contributed by atoms with Crippen LogP contribution < -0.4 is 0 Å². The van der Waals surface area contributed by atoms with E-state index in [2.05, 4.69) is 54.8 Å². The fourth-order valence-corrected chi connectivity index (χ4v) is 6.51. The first-order valence-corrected chi connectivity index (χ1v) is 20.8. The van der Waals surface area contributed by atoms with Crippen molar-refractivity contribution in [3.63, 3.8) is 0 Å². The molecule has 0 spiro atoms. The van der Waals surface area contributed by atoms with E-state index in [4.69, 9.17) is 37.0 Å². The van der Waals surface area contributed by atoms with Crippen LogP contribution in [0.5, 0.6) is 0 Å². The molecule has 1 saturated carbocycles. The number of allylic oxidation sites excluding steroid dienone is 5. The second kappa shape index (κ2) is 31.7. The van der Waals surface area contributed by atoms with E-state index in [1.165, 1.54) is 63.4 Å². The van der Waals surface area contributed by atoms with Crippen molar-refractivity contribution in [2.45, 2.75) is 169 Å². The Morgan fingerprint density at radius 3 is 2.09 bits per heavy atom. The van der Waals surface area contributed by atoms with E-state index in [9.17, 15) is 9.59 Å². The Balaban J connectivity index is 0.00000134. The van der Waals surface area contributed by atoms with E-state index < -0.39 is 17.4 Å². The minimum Gasteiger partial charge on any atom is -0.483 e. The summed E-state index contributed by atoms with van der Waals surface area (Å²) in [5, 5.41) is 6.89. The molecular formula is C50H74O7. The summed E-state index contributed by atoms with van der Waals surface area (Å²) in [4.78, 5) is 33.8. The van der Waals surface area contributed by atoms with Gasteiger partial charge in [0.05, 0.1) is 12.2 Å². The molecule has 1 fully saturated rings. The van der Waals surface area contributed by atoms with Gasteiger partial charge < -0.3 is 19.3 Å². The number of carbonyl (C=O) groups is 3. The molecule has 1 aliphatic carbocycles. The number of terminal acetylenes is 2. The lowest BCUT2D eigenvalue weighted by molar-refractivity contribution is -0.123. The van der Waals surface area contributed by atoms with E-state index in [1.807, 2.05) is 46.8 Å². The van der Waals surface area contributed by atoms with E-state index in [-0.39, 0.29) is 31.9 Å². The maximum absolute atomic E-state index is 12.9. The molecule has 0 saturated heterocycles. The van der Waals surface area contributed by atoms with Gasteiger partial charge in [0.25, 0.3) is 6.47 Å². The molecule has 1 aliphatic rings. The molecule has 316 valence electrons. The lowest BCUT2D eigenvalue weighted by Crippen LogP contribution is -2.29. The van der Waals surface area contributed by atoms with E-state index in [1.54, 1.807) is 13.8 Å². The van der Waals surface area contributed by atoms with Crippen molar-refractivity contribution in [2.75, 3.05) is 13.2 Å². The molecule has 0 aliphatic heterocycles. The van der Waals surface area contributed by atoms with Gasteiger partial charge in [-0.3, -0.25) is 9.59 Å². The van der Waals surface area contributed by atoms with Gasteiger partial charge in [0.2, 0.25) is 0 Å². The van der Waals surface area contributed by atoms with Crippen molar-refractivity contribution in [1.29, 1.82) is 0 Å². The number of hydrogen-bond acceptors (Lipinski definition) is 6. The molecule has 0 bridgehead atoms. The predicted octanol–water partition coefficient (Wildman–Crippen LogP) is 12.7. The highest BCUT2D eigenvalue weighted by atomic mass is 16.7. The molecule has 1 aromatic carbocycles. The van der Waals surface area contributed by atoms with E-state index in [0.29, 0.717) is 37.7 Å². The molecule has 0 radical (unpaired) electrons. The van der Waals surface area contributed by atoms with Gasteiger partial charge in [-0.25, -0.2) is 4.79 Å². The highest BCUT2D eigenvalue weighted by molar-refractivity contribution is 5.82. The number of ketones is 1. The second-order valence-corrected chi connectivity index (χ2v) is 15.9. The number of rotatable bonds is 24. The summed E-state index contributed by atoms with van der Waals surface area (Å²) in [6.07, 6.45) is 33.6. The highest BCUT2D eigenvalue weighted by Gasteiger charge is 2.26. The fraction of sp³-hybridized carbons (Fsp3) is 0.580. The number of hydrogen-bond donors (Lipinski definition) is 1. The van der Waals surface area contributed by atoms with Crippen molar-refractivity contribution in [1.82, 2.24) is 0 Å². The Morgan fingerprint density at radius 1 is 0.912 bits per heavy atom. The molecular weight excluding hydrogens is 713 g/mol. The molecule has 0 unspecified atom stereocenters. The van der Waals surface area contributed by atoms with Crippen LogP contribution >= 0.6 is 0 Å². The van der Waals surface area contributed by atoms with Crippen molar-refractivity contribution in [2.24, 2.45) is 5.92 Å². The van der Waals surface area contributed by atoms with Crippen LogP contribution in [0.4, 0.5) is 4.79 Å². The number of carboxylic acid groups (broad SMARTS) is 1. The van der Waals surface area contributed by atoms with Gasteiger partial charge in [0.1, 0.15) is 18.0 Å². The number of benzene rings is 1. The molecule has 1 aromatic rings. The summed E-state index contributed by atoms with van der Waals surface area (Å²) in [6, 6.07) is 10.9. The number of Topliss-reactive ketones (excluding diaryl/α,β-unsaturated/α-hetero) is 1. The quantitative estimate of drug-likeness (QED) is 0.0278. The molecule has 0 aromatic heterocycles. The third-order valence-corrected chi connectivity index (χ3v) is 10.0. The van der Waals surface area contributed by atoms with Crippen molar-refractivity contribution >= 4 is 18.4 Å². The van der Waals surface area contributed by atoms with Crippen molar-refractivity contribution in [3.05, 3.63) is 83.0 Å². The number of unbranched alkanes of at least 4 members (excludes halogenated alkanes) is 3. The average Bonchev–Trinajstić information content (AvgIpc) is 3.70. The largest absolute Gasteiger partial charge is 0.509 e. The Bertz CT molecular complexity index is 1470. The van der Waals surface area contributed by atoms with Gasteiger partial charge in [0, 0.05) is 25.7 Å².